The zero-order valence-corrected chi connectivity index (χ0v) is 16.6. The van der Waals surface area contributed by atoms with Crippen molar-refractivity contribution in [3.8, 4) is 11.5 Å². The molecule has 1 fully saturated rings. The minimum absolute atomic E-state index is 0.323. The first-order valence-electron chi connectivity index (χ1n) is 9.09. The second-order valence-electron chi connectivity index (χ2n) is 6.99. The van der Waals surface area contributed by atoms with E-state index >= 15 is 0 Å². The third kappa shape index (κ3) is 3.22. The van der Waals surface area contributed by atoms with Gasteiger partial charge in [-0.3, -0.25) is 4.90 Å². The number of benzene rings is 2. The molecule has 0 spiro atoms. The van der Waals surface area contributed by atoms with E-state index in [1.54, 1.807) is 11.3 Å². The Bertz CT molecular complexity index is 959. The number of thiazole rings is 1. The van der Waals surface area contributed by atoms with Crippen LogP contribution in [0.2, 0.25) is 5.02 Å². The van der Waals surface area contributed by atoms with E-state index in [-0.39, 0.29) is 0 Å². The summed E-state index contributed by atoms with van der Waals surface area (Å²) >= 11 is 8.06. The van der Waals surface area contributed by atoms with E-state index in [9.17, 15) is 0 Å². The Morgan fingerprint density at radius 2 is 1.89 bits per heavy atom. The van der Waals surface area contributed by atoms with Crippen molar-refractivity contribution in [2.24, 2.45) is 0 Å². The summed E-state index contributed by atoms with van der Waals surface area (Å²) in [6.45, 7) is 7.31. The maximum absolute atomic E-state index is 6.36. The molecule has 0 amide bonds. The second kappa shape index (κ2) is 6.86. The Kier molecular flexibility index (Phi) is 4.34. The number of ether oxygens (including phenoxy) is 2. The van der Waals surface area contributed by atoms with E-state index in [1.807, 2.05) is 18.2 Å². The van der Waals surface area contributed by atoms with Crippen molar-refractivity contribution in [3.05, 3.63) is 46.5 Å². The van der Waals surface area contributed by atoms with Crippen molar-refractivity contribution < 1.29 is 9.47 Å². The number of halogens is 1. The summed E-state index contributed by atoms with van der Waals surface area (Å²) in [7, 11) is 0. The molecule has 5 rings (SSSR count). The maximum atomic E-state index is 6.36. The fourth-order valence-corrected chi connectivity index (χ4v) is 4.99. The highest BCUT2D eigenvalue weighted by atomic mass is 35.5. The number of hydrogen-bond acceptors (Lipinski definition) is 6. The molecule has 2 aliphatic rings. The van der Waals surface area contributed by atoms with Crippen LogP contribution >= 0.6 is 22.9 Å². The molecule has 1 aromatic heterocycles. The van der Waals surface area contributed by atoms with Gasteiger partial charge in [0.2, 0.25) is 6.79 Å². The van der Waals surface area contributed by atoms with E-state index in [4.69, 9.17) is 26.1 Å². The lowest BCUT2D eigenvalue weighted by Gasteiger charge is -2.34. The molecule has 0 bridgehead atoms. The normalized spacial score (nSPS) is 17.0. The molecule has 5 nitrogen and oxygen atoms in total. The standard InChI is InChI=1S/C20H20ClN3O2S/c1-13-2-4-15(21)19-18(13)22-20(27-19)24-8-6-23(7-9-24)11-14-3-5-16-17(10-14)26-12-25-16/h2-5,10H,6-9,11-12H2,1H3. The third-order valence-electron chi connectivity index (χ3n) is 5.17. The molecular formula is C20H20ClN3O2S. The second-order valence-corrected chi connectivity index (χ2v) is 8.37. The van der Waals surface area contributed by atoms with E-state index in [0.717, 1.165) is 64.6 Å². The summed E-state index contributed by atoms with van der Waals surface area (Å²) in [6.07, 6.45) is 0. The molecule has 3 aromatic rings. The van der Waals surface area contributed by atoms with Gasteiger partial charge in [-0.2, -0.15) is 0 Å². The monoisotopic (exact) mass is 401 g/mol. The fraction of sp³-hybridized carbons (Fsp3) is 0.350. The largest absolute Gasteiger partial charge is 0.454 e. The van der Waals surface area contributed by atoms with Crippen molar-refractivity contribution in [2.45, 2.75) is 13.5 Å². The van der Waals surface area contributed by atoms with Gasteiger partial charge in [-0.15, -0.1) is 0 Å². The van der Waals surface area contributed by atoms with Crippen molar-refractivity contribution in [3.63, 3.8) is 0 Å². The molecule has 7 heteroatoms. The predicted molar refractivity (Wildman–Crippen MR) is 109 cm³/mol. The topological polar surface area (TPSA) is 37.8 Å². The lowest BCUT2D eigenvalue weighted by Crippen LogP contribution is -2.45. The number of anilines is 1. The summed E-state index contributed by atoms with van der Waals surface area (Å²) < 4.78 is 12.0. The molecule has 0 atom stereocenters. The van der Waals surface area contributed by atoms with Crippen LogP contribution in [0.5, 0.6) is 11.5 Å². The van der Waals surface area contributed by atoms with Crippen LogP contribution in [-0.4, -0.2) is 42.9 Å². The van der Waals surface area contributed by atoms with Crippen molar-refractivity contribution in [1.82, 2.24) is 9.88 Å². The molecule has 0 aliphatic carbocycles. The summed E-state index contributed by atoms with van der Waals surface area (Å²) in [6, 6.07) is 10.2. The zero-order chi connectivity index (χ0) is 18.4. The molecule has 27 heavy (non-hydrogen) atoms. The average molecular weight is 402 g/mol. The van der Waals surface area contributed by atoms with Gasteiger partial charge < -0.3 is 14.4 Å². The van der Waals surface area contributed by atoms with E-state index in [1.165, 1.54) is 11.1 Å². The average Bonchev–Trinajstić information content (AvgIpc) is 3.33. The third-order valence-corrected chi connectivity index (χ3v) is 6.75. The number of aryl methyl sites for hydroxylation is 1. The number of hydrogen-bond donors (Lipinski definition) is 0. The number of piperazine rings is 1. The van der Waals surface area contributed by atoms with Gasteiger partial charge in [-0.1, -0.05) is 35.1 Å². The SMILES string of the molecule is Cc1ccc(Cl)c2sc(N3CCN(Cc4ccc5c(c4)OCO5)CC3)nc12. The highest BCUT2D eigenvalue weighted by molar-refractivity contribution is 7.22. The van der Waals surface area contributed by atoms with Crippen LogP contribution < -0.4 is 14.4 Å². The van der Waals surface area contributed by atoms with Crippen molar-refractivity contribution >= 4 is 38.3 Å². The van der Waals surface area contributed by atoms with Crippen LogP contribution in [-0.2, 0) is 6.54 Å². The Labute approximate surface area is 167 Å². The van der Waals surface area contributed by atoms with Crippen LogP contribution in [0.15, 0.2) is 30.3 Å². The van der Waals surface area contributed by atoms with Gasteiger partial charge >= 0.3 is 0 Å². The molecule has 1 saturated heterocycles. The molecule has 0 saturated carbocycles. The van der Waals surface area contributed by atoms with Gasteiger partial charge in [0, 0.05) is 32.7 Å². The Balaban J connectivity index is 1.26. The summed E-state index contributed by atoms with van der Waals surface area (Å²) in [5.74, 6) is 1.70. The molecule has 0 N–H and O–H groups in total. The molecule has 3 heterocycles. The van der Waals surface area contributed by atoms with Gasteiger partial charge in [0.25, 0.3) is 0 Å². The van der Waals surface area contributed by atoms with Gasteiger partial charge in [-0.05, 0) is 36.2 Å². The van der Waals surface area contributed by atoms with E-state index in [2.05, 4.69) is 28.9 Å². The first-order chi connectivity index (χ1) is 13.2. The maximum Gasteiger partial charge on any atom is 0.231 e. The molecular weight excluding hydrogens is 382 g/mol. The lowest BCUT2D eigenvalue weighted by molar-refractivity contribution is 0.174. The molecule has 140 valence electrons. The zero-order valence-electron chi connectivity index (χ0n) is 15.1. The van der Waals surface area contributed by atoms with Crippen LogP contribution in [0.1, 0.15) is 11.1 Å². The van der Waals surface area contributed by atoms with Crippen LogP contribution in [0.25, 0.3) is 10.2 Å². The van der Waals surface area contributed by atoms with Gasteiger partial charge in [0.05, 0.1) is 15.2 Å². The fourth-order valence-electron chi connectivity index (χ4n) is 3.62. The smallest absolute Gasteiger partial charge is 0.231 e. The van der Waals surface area contributed by atoms with E-state index in [0.29, 0.717) is 6.79 Å². The quantitative estimate of drug-likeness (QED) is 0.653. The van der Waals surface area contributed by atoms with Gasteiger partial charge in [0.1, 0.15) is 0 Å². The van der Waals surface area contributed by atoms with Crippen molar-refractivity contribution in [1.29, 1.82) is 0 Å². The van der Waals surface area contributed by atoms with Crippen LogP contribution in [0, 0.1) is 6.92 Å². The van der Waals surface area contributed by atoms with Crippen LogP contribution in [0.4, 0.5) is 5.13 Å². The molecule has 2 aliphatic heterocycles. The van der Waals surface area contributed by atoms with Crippen LogP contribution in [0.3, 0.4) is 0 Å². The molecule has 0 unspecified atom stereocenters. The lowest BCUT2D eigenvalue weighted by atomic mass is 10.1. The summed E-state index contributed by atoms with van der Waals surface area (Å²) in [5.41, 5.74) is 3.47. The van der Waals surface area contributed by atoms with Gasteiger partial charge in [-0.25, -0.2) is 4.98 Å². The Hall–Kier alpha value is -2.02. The Morgan fingerprint density at radius 3 is 2.70 bits per heavy atom. The van der Waals surface area contributed by atoms with E-state index < -0.39 is 0 Å². The highest BCUT2D eigenvalue weighted by Crippen LogP contribution is 2.36. The predicted octanol–water partition coefficient (Wildman–Crippen LogP) is 4.31. The summed E-state index contributed by atoms with van der Waals surface area (Å²) in [4.78, 5) is 9.70. The number of rotatable bonds is 3. The van der Waals surface area contributed by atoms with Crippen molar-refractivity contribution in [2.75, 3.05) is 37.9 Å². The summed E-state index contributed by atoms with van der Waals surface area (Å²) in [5, 5.41) is 1.87. The minimum Gasteiger partial charge on any atom is -0.454 e. The minimum atomic E-state index is 0.323. The molecule has 2 aromatic carbocycles. The number of fused-ring (bicyclic) bond motifs is 2. The first-order valence-corrected chi connectivity index (χ1v) is 10.3. The highest BCUT2D eigenvalue weighted by Gasteiger charge is 2.22. The number of nitrogens with zero attached hydrogens (tertiary/aromatic N) is 3. The molecule has 0 radical (unpaired) electrons. The Morgan fingerprint density at radius 1 is 1.07 bits per heavy atom. The first kappa shape index (κ1) is 17.1. The van der Waals surface area contributed by atoms with Gasteiger partial charge in [0.15, 0.2) is 16.6 Å². The number of aromatic nitrogens is 1.